The van der Waals surface area contributed by atoms with Crippen LogP contribution in [0.3, 0.4) is 0 Å². The predicted molar refractivity (Wildman–Crippen MR) is 54.2 cm³/mol. The summed E-state index contributed by atoms with van der Waals surface area (Å²) in [6, 6.07) is 4.50. The molecule has 0 radical (unpaired) electrons. The summed E-state index contributed by atoms with van der Waals surface area (Å²) >= 11 is 0. The number of ether oxygens (including phenoxy) is 1. The van der Waals surface area contributed by atoms with Crippen molar-refractivity contribution in [3.8, 4) is 5.75 Å². The lowest BCUT2D eigenvalue weighted by atomic mass is 9.84. The van der Waals surface area contributed by atoms with Crippen molar-refractivity contribution in [2.45, 2.75) is 39.7 Å². The van der Waals surface area contributed by atoms with E-state index in [0.29, 0.717) is 0 Å². The van der Waals surface area contributed by atoms with Gasteiger partial charge in [0, 0.05) is 5.56 Å². The molecule has 0 bridgehead atoms. The molecule has 0 N–H and O–H groups in total. The topological polar surface area (TPSA) is 9.23 Å². The second-order valence-electron chi connectivity index (χ2n) is 4.82. The minimum atomic E-state index is 0.245. The maximum Gasteiger partial charge on any atom is 0.129 e. The van der Waals surface area contributed by atoms with Gasteiger partial charge in [-0.05, 0) is 29.5 Å². The van der Waals surface area contributed by atoms with Crippen molar-refractivity contribution >= 4 is 0 Å². The standard InChI is InChI=1S/C12H16O/c1-8-5-10(12(2,3)4)6-9-7-13-11(8)9/h5-6H,7H2,1-4H3. The van der Waals surface area contributed by atoms with Crippen LogP contribution >= 0.6 is 0 Å². The fourth-order valence-corrected chi connectivity index (χ4v) is 1.66. The molecule has 0 saturated heterocycles. The van der Waals surface area contributed by atoms with Gasteiger partial charge in [-0.3, -0.25) is 0 Å². The first-order valence-corrected chi connectivity index (χ1v) is 4.75. The van der Waals surface area contributed by atoms with Crippen LogP contribution in [0.4, 0.5) is 0 Å². The Hall–Kier alpha value is -0.980. The predicted octanol–water partition coefficient (Wildman–Crippen LogP) is 3.18. The molecule has 1 aliphatic rings. The number of hydrogen-bond acceptors (Lipinski definition) is 1. The number of aryl methyl sites for hydroxylation is 1. The SMILES string of the molecule is Cc1cc(C(C)(C)C)cc2c1OC2. The first-order valence-electron chi connectivity index (χ1n) is 4.75. The van der Waals surface area contributed by atoms with Gasteiger partial charge in [-0.25, -0.2) is 0 Å². The Morgan fingerprint density at radius 1 is 1.23 bits per heavy atom. The molecule has 1 heterocycles. The van der Waals surface area contributed by atoms with Gasteiger partial charge in [0.25, 0.3) is 0 Å². The Balaban J connectivity index is 2.51. The second-order valence-corrected chi connectivity index (χ2v) is 4.82. The van der Waals surface area contributed by atoms with Crippen molar-refractivity contribution in [2.24, 2.45) is 0 Å². The average Bonchev–Trinajstić information content (AvgIpc) is 1.90. The minimum Gasteiger partial charge on any atom is -0.488 e. The highest BCUT2D eigenvalue weighted by molar-refractivity contribution is 5.49. The summed E-state index contributed by atoms with van der Waals surface area (Å²) in [7, 11) is 0. The zero-order chi connectivity index (χ0) is 9.64. The Kier molecular flexibility index (Phi) is 1.66. The van der Waals surface area contributed by atoms with Gasteiger partial charge < -0.3 is 4.74 Å². The summed E-state index contributed by atoms with van der Waals surface area (Å²) in [5.41, 5.74) is 4.29. The smallest absolute Gasteiger partial charge is 0.129 e. The maximum absolute atomic E-state index is 5.37. The largest absolute Gasteiger partial charge is 0.488 e. The van der Waals surface area contributed by atoms with Crippen molar-refractivity contribution in [3.63, 3.8) is 0 Å². The molecule has 0 aliphatic carbocycles. The summed E-state index contributed by atoms with van der Waals surface area (Å²) in [4.78, 5) is 0. The van der Waals surface area contributed by atoms with Crippen LogP contribution in [0.15, 0.2) is 12.1 Å². The molecular weight excluding hydrogens is 160 g/mol. The summed E-state index contributed by atoms with van der Waals surface area (Å²) in [5.74, 6) is 1.10. The van der Waals surface area contributed by atoms with Gasteiger partial charge in [0.1, 0.15) is 12.4 Å². The van der Waals surface area contributed by atoms with Gasteiger partial charge in [-0.1, -0.05) is 26.8 Å². The first kappa shape index (κ1) is 8.61. The molecule has 13 heavy (non-hydrogen) atoms. The van der Waals surface area contributed by atoms with E-state index in [0.717, 1.165) is 12.4 Å². The zero-order valence-corrected chi connectivity index (χ0v) is 8.77. The molecular formula is C12H16O. The number of benzene rings is 1. The Morgan fingerprint density at radius 3 is 2.31 bits per heavy atom. The zero-order valence-electron chi connectivity index (χ0n) is 8.77. The minimum absolute atomic E-state index is 0.245. The molecule has 0 aromatic heterocycles. The second kappa shape index (κ2) is 2.50. The summed E-state index contributed by atoms with van der Waals surface area (Å²) in [6.07, 6.45) is 0. The molecule has 0 unspecified atom stereocenters. The maximum atomic E-state index is 5.37. The van der Waals surface area contributed by atoms with E-state index >= 15 is 0 Å². The molecule has 1 aromatic carbocycles. The third-order valence-corrected chi connectivity index (χ3v) is 2.59. The van der Waals surface area contributed by atoms with Crippen LogP contribution in [0.2, 0.25) is 0 Å². The molecule has 2 rings (SSSR count). The van der Waals surface area contributed by atoms with E-state index < -0.39 is 0 Å². The number of hydrogen-bond donors (Lipinski definition) is 0. The summed E-state index contributed by atoms with van der Waals surface area (Å²) in [6.45, 7) is 9.64. The van der Waals surface area contributed by atoms with Crippen molar-refractivity contribution < 1.29 is 4.74 Å². The Morgan fingerprint density at radius 2 is 1.92 bits per heavy atom. The van der Waals surface area contributed by atoms with E-state index in [9.17, 15) is 0 Å². The molecule has 1 nitrogen and oxygen atoms in total. The monoisotopic (exact) mass is 176 g/mol. The van der Waals surface area contributed by atoms with Gasteiger partial charge in [0.2, 0.25) is 0 Å². The van der Waals surface area contributed by atoms with Gasteiger partial charge >= 0.3 is 0 Å². The lowest BCUT2D eigenvalue weighted by Crippen LogP contribution is -2.17. The molecule has 0 amide bonds. The average molecular weight is 176 g/mol. The highest BCUT2D eigenvalue weighted by atomic mass is 16.5. The van der Waals surface area contributed by atoms with Crippen molar-refractivity contribution in [2.75, 3.05) is 0 Å². The summed E-state index contributed by atoms with van der Waals surface area (Å²) in [5, 5.41) is 0. The van der Waals surface area contributed by atoms with Crippen LogP contribution in [-0.2, 0) is 12.0 Å². The highest BCUT2D eigenvalue weighted by Crippen LogP contribution is 2.36. The fraction of sp³-hybridized carbons (Fsp3) is 0.500. The van der Waals surface area contributed by atoms with Crippen LogP contribution in [0.5, 0.6) is 5.75 Å². The first-order chi connectivity index (χ1) is 5.98. The van der Waals surface area contributed by atoms with Crippen molar-refractivity contribution in [3.05, 3.63) is 28.8 Å². The van der Waals surface area contributed by atoms with Crippen LogP contribution < -0.4 is 4.74 Å². The quantitative estimate of drug-likeness (QED) is 0.590. The van der Waals surface area contributed by atoms with Crippen molar-refractivity contribution in [1.29, 1.82) is 0 Å². The van der Waals surface area contributed by atoms with Gasteiger partial charge in [-0.15, -0.1) is 0 Å². The fourth-order valence-electron chi connectivity index (χ4n) is 1.66. The van der Waals surface area contributed by atoms with Crippen LogP contribution in [0, 0.1) is 6.92 Å². The normalized spacial score (nSPS) is 14.5. The third-order valence-electron chi connectivity index (χ3n) is 2.59. The molecule has 0 saturated carbocycles. The van der Waals surface area contributed by atoms with E-state index in [4.69, 9.17) is 4.74 Å². The molecule has 0 fully saturated rings. The lowest BCUT2D eigenvalue weighted by Gasteiger charge is -2.27. The molecule has 1 heteroatoms. The van der Waals surface area contributed by atoms with Gasteiger partial charge in [0.05, 0.1) is 0 Å². The van der Waals surface area contributed by atoms with E-state index in [1.54, 1.807) is 0 Å². The molecule has 1 aliphatic heterocycles. The highest BCUT2D eigenvalue weighted by Gasteiger charge is 2.22. The molecule has 0 atom stereocenters. The third kappa shape index (κ3) is 1.32. The molecule has 0 spiro atoms. The van der Waals surface area contributed by atoms with Crippen LogP contribution in [0.1, 0.15) is 37.5 Å². The lowest BCUT2D eigenvalue weighted by molar-refractivity contribution is 0.240. The van der Waals surface area contributed by atoms with E-state index in [1.165, 1.54) is 16.7 Å². The molecule has 1 aromatic rings. The van der Waals surface area contributed by atoms with Gasteiger partial charge in [-0.2, -0.15) is 0 Å². The molecule has 70 valence electrons. The number of rotatable bonds is 0. The Labute approximate surface area is 79.7 Å². The van der Waals surface area contributed by atoms with E-state index in [2.05, 4.69) is 39.8 Å². The van der Waals surface area contributed by atoms with E-state index in [1.807, 2.05) is 0 Å². The van der Waals surface area contributed by atoms with E-state index in [-0.39, 0.29) is 5.41 Å². The summed E-state index contributed by atoms with van der Waals surface area (Å²) < 4.78 is 5.37. The Bertz CT molecular complexity index is 328. The van der Waals surface area contributed by atoms with Gasteiger partial charge in [0.15, 0.2) is 0 Å². The number of fused-ring (bicyclic) bond motifs is 1. The van der Waals surface area contributed by atoms with Crippen LogP contribution in [-0.4, -0.2) is 0 Å². The van der Waals surface area contributed by atoms with Crippen LogP contribution in [0.25, 0.3) is 0 Å². The van der Waals surface area contributed by atoms with Crippen molar-refractivity contribution in [1.82, 2.24) is 0 Å².